The molecule has 2 aromatic heterocycles. The summed E-state index contributed by atoms with van der Waals surface area (Å²) in [6, 6.07) is 12.4. The van der Waals surface area contributed by atoms with Gasteiger partial charge in [-0.2, -0.15) is 10.1 Å². The minimum atomic E-state index is -0.327. The highest BCUT2D eigenvalue weighted by atomic mass is 19.1. The molecule has 0 atom stereocenters. The van der Waals surface area contributed by atoms with E-state index in [0.29, 0.717) is 23.6 Å². The van der Waals surface area contributed by atoms with Crippen LogP contribution in [0.5, 0.6) is 5.88 Å². The van der Waals surface area contributed by atoms with Crippen LogP contribution in [0, 0.1) is 33.5 Å². The standard InChI is InChI=1S/C26H27FN4O2/c1-15-6-9-20(10-7-15)31-25-24(18(4)30-31)17(3)21(26(29-25)33-5)11-13-23(32)28-22-12-8-19(27)14-16(22)2/h6-10,12,14H,11,13H2,1-5H3,(H,28,32). The third-order valence-electron chi connectivity index (χ3n) is 5.87. The van der Waals surface area contributed by atoms with Crippen LogP contribution in [-0.2, 0) is 11.2 Å². The van der Waals surface area contributed by atoms with Gasteiger partial charge in [0.15, 0.2) is 5.65 Å². The highest BCUT2D eigenvalue weighted by Gasteiger charge is 2.20. The number of amides is 1. The van der Waals surface area contributed by atoms with Crippen LogP contribution in [0.15, 0.2) is 42.5 Å². The number of hydrogen-bond acceptors (Lipinski definition) is 4. The van der Waals surface area contributed by atoms with Crippen molar-refractivity contribution in [3.8, 4) is 11.6 Å². The number of rotatable bonds is 6. The number of carbonyl (C=O) groups is 1. The number of ether oxygens (including phenoxy) is 1. The summed E-state index contributed by atoms with van der Waals surface area (Å²) in [5, 5.41) is 8.54. The summed E-state index contributed by atoms with van der Waals surface area (Å²) in [5.41, 5.74) is 6.85. The smallest absolute Gasteiger partial charge is 0.224 e. The van der Waals surface area contributed by atoms with Crippen LogP contribution < -0.4 is 10.1 Å². The molecular weight excluding hydrogens is 419 g/mol. The van der Waals surface area contributed by atoms with Crippen LogP contribution in [0.1, 0.15) is 34.4 Å². The Morgan fingerprint density at radius 3 is 2.48 bits per heavy atom. The Hall–Kier alpha value is -3.74. The first-order valence-electron chi connectivity index (χ1n) is 10.8. The number of nitrogens with zero attached hydrogens (tertiary/aromatic N) is 3. The number of aromatic nitrogens is 3. The van der Waals surface area contributed by atoms with Gasteiger partial charge in [-0.05, 0) is 75.6 Å². The topological polar surface area (TPSA) is 69.0 Å². The zero-order valence-corrected chi connectivity index (χ0v) is 19.5. The summed E-state index contributed by atoms with van der Waals surface area (Å²) >= 11 is 0. The van der Waals surface area contributed by atoms with E-state index in [1.165, 1.54) is 17.7 Å². The lowest BCUT2D eigenvalue weighted by atomic mass is 10.0. The fourth-order valence-electron chi connectivity index (χ4n) is 4.08. The monoisotopic (exact) mass is 446 g/mol. The van der Waals surface area contributed by atoms with Crippen molar-refractivity contribution in [2.75, 3.05) is 12.4 Å². The summed E-state index contributed by atoms with van der Waals surface area (Å²) in [6.45, 7) is 7.78. The SMILES string of the molecule is COc1nc2c(c(C)nn2-c2ccc(C)cc2)c(C)c1CCC(=O)Nc1ccc(F)cc1C. The molecule has 0 aliphatic carbocycles. The number of fused-ring (bicyclic) bond motifs is 1. The van der Waals surface area contributed by atoms with Gasteiger partial charge >= 0.3 is 0 Å². The molecule has 7 heteroatoms. The van der Waals surface area contributed by atoms with Crippen molar-refractivity contribution in [2.45, 2.75) is 40.5 Å². The van der Waals surface area contributed by atoms with Crippen molar-refractivity contribution in [2.24, 2.45) is 0 Å². The molecule has 2 aromatic carbocycles. The lowest BCUT2D eigenvalue weighted by Crippen LogP contribution is -2.14. The number of hydrogen-bond donors (Lipinski definition) is 1. The zero-order chi connectivity index (χ0) is 23.7. The Bertz CT molecular complexity index is 1340. The summed E-state index contributed by atoms with van der Waals surface area (Å²) < 4.78 is 20.8. The molecule has 0 radical (unpaired) electrons. The van der Waals surface area contributed by atoms with Gasteiger partial charge in [-0.15, -0.1) is 0 Å². The molecule has 1 N–H and O–H groups in total. The van der Waals surface area contributed by atoms with Crippen molar-refractivity contribution >= 4 is 22.6 Å². The van der Waals surface area contributed by atoms with Crippen LogP contribution >= 0.6 is 0 Å². The molecule has 0 spiro atoms. The Labute approximate surface area is 192 Å². The van der Waals surface area contributed by atoms with Gasteiger partial charge in [0.2, 0.25) is 11.8 Å². The average Bonchev–Trinajstić information content (AvgIpc) is 3.11. The lowest BCUT2D eigenvalue weighted by Gasteiger charge is -2.13. The van der Waals surface area contributed by atoms with Gasteiger partial charge in [-0.25, -0.2) is 9.07 Å². The first kappa shape index (κ1) is 22.5. The molecule has 2 heterocycles. The quantitative estimate of drug-likeness (QED) is 0.432. The summed E-state index contributed by atoms with van der Waals surface area (Å²) in [4.78, 5) is 17.4. The number of methoxy groups -OCH3 is 1. The van der Waals surface area contributed by atoms with Crippen LogP contribution in [0.2, 0.25) is 0 Å². The number of anilines is 1. The first-order chi connectivity index (χ1) is 15.8. The van der Waals surface area contributed by atoms with Gasteiger partial charge in [0, 0.05) is 23.1 Å². The van der Waals surface area contributed by atoms with E-state index in [1.807, 2.05) is 49.7 Å². The minimum Gasteiger partial charge on any atom is -0.481 e. The van der Waals surface area contributed by atoms with Gasteiger partial charge in [0.1, 0.15) is 5.82 Å². The zero-order valence-electron chi connectivity index (χ0n) is 19.5. The fourth-order valence-corrected chi connectivity index (χ4v) is 4.08. The lowest BCUT2D eigenvalue weighted by molar-refractivity contribution is -0.116. The molecule has 0 unspecified atom stereocenters. The molecule has 0 fully saturated rings. The predicted octanol–water partition coefficient (Wildman–Crippen LogP) is 5.37. The molecule has 1 amide bonds. The highest BCUT2D eigenvalue weighted by molar-refractivity contribution is 5.92. The molecule has 170 valence electrons. The molecule has 6 nitrogen and oxygen atoms in total. The van der Waals surface area contributed by atoms with Crippen molar-refractivity contribution in [3.05, 3.63) is 76.2 Å². The molecule has 4 rings (SSSR count). The van der Waals surface area contributed by atoms with Crippen molar-refractivity contribution in [3.63, 3.8) is 0 Å². The van der Waals surface area contributed by atoms with E-state index in [0.717, 1.165) is 33.5 Å². The maximum atomic E-state index is 13.3. The second-order valence-electron chi connectivity index (χ2n) is 8.26. The number of aryl methyl sites for hydroxylation is 4. The Kier molecular flexibility index (Phi) is 6.14. The molecule has 33 heavy (non-hydrogen) atoms. The van der Waals surface area contributed by atoms with E-state index in [4.69, 9.17) is 14.8 Å². The number of pyridine rings is 1. The second-order valence-corrected chi connectivity index (χ2v) is 8.26. The summed E-state index contributed by atoms with van der Waals surface area (Å²) in [7, 11) is 1.58. The minimum absolute atomic E-state index is 0.154. The highest BCUT2D eigenvalue weighted by Crippen LogP contribution is 2.32. The van der Waals surface area contributed by atoms with Gasteiger partial charge in [0.25, 0.3) is 0 Å². The molecule has 0 aliphatic rings. The first-order valence-corrected chi connectivity index (χ1v) is 10.8. The van der Waals surface area contributed by atoms with E-state index in [2.05, 4.69) is 5.32 Å². The van der Waals surface area contributed by atoms with Gasteiger partial charge in [-0.1, -0.05) is 17.7 Å². The Balaban J connectivity index is 1.64. The van der Waals surface area contributed by atoms with Crippen molar-refractivity contribution in [1.82, 2.24) is 14.8 Å². The number of halogens is 1. The molecular formula is C26H27FN4O2. The van der Waals surface area contributed by atoms with E-state index in [1.54, 1.807) is 20.1 Å². The van der Waals surface area contributed by atoms with Crippen LogP contribution in [0.4, 0.5) is 10.1 Å². The Morgan fingerprint density at radius 2 is 1.82 bits per heavy atom. The number of benzene rings is 2. The van der Waals surface area contributed by atoms with Gasteiger partial charge < -0.3 is 10.1 Å². The van der Waals surface area contributed by atoms with Gasteiger partial charge in [0.05, 0.1) is 18.5 Å². The Morgan fingerprint density at radius 1 is 1.09 bits per heavy atom. The van der Waals surface area contributed by atoms with Crippen LogP contribution in [0.25, 0.3) is 16.7 Å². The van der Waals surface area contributed by atoms with Gasteiger partial charge in [-0.3, -0.25) is 4.79 Å². The number of nitrogens with one attached hydrogen (secondary N) is 1. The molecule has 0 saturated heterocycles. The average molecular weight is 447 g/mol. The van der Waals surface area contributed by atoms with E-state index < -0.39 is 0 Å². The molecule has 4 aromatic rings. The largest absolute Gasteiger partial charge is 0.481 e. The third kappa shape index (κ3) is 4.44. The van der Waals surface area contributed by atoms with Crippen LogP contribution in [-0.4, -0.2) is 27.8 Å². The molecule has 0 aliphatic heterocycles. The van der Waals surface area contributed by atoms with Crippen molar-refractivity contribution < 1.29 is 13.9 Å². The second kappa shape index (κ2) is 9.02. The third-order valence-corrected chi connectivity index (χ3v) is 5.87. The summed E-state index contributed by atoms with van der Waals surface area (Å²) in [6.07, 6.45) is 0.700. The normalized spacial score (nSPS) is 11.1. The number of carbonyl (C=O) groups excluding carboxylic acids is 1. The summed E-state index contributed by atoms with van der Waals surface area (Å²) in [5.74, 6) is 0.00384. The van der Waals surface area contributed by atoms with E-state index in [9.17, 15) is 9.18 Å². The van der Waals surface area contributed by atoms with E-state index in [-0.39, 0.29) is 18.1 Å². The van der Waals surface area contributed by atoms with Crippen molar-refractivity contribution in [1.29, 1.82) is 0 Å². The molecule has 0 bridgehead atoms. The van der Waals surface area contributed by atoms with E-state index >= 15 is 0 Å². The maximum absolute atomic E-state index is 13.3. The van der Waals surface area contributed by atoms with Crippen LogP contribution in [0.3, 0.4) is 0 Å². The maximum Gasteiger partial charge on any atom is 0.224 e. The fraction of sp³-hybridized carbons (Fsp3) is 0.269. The predicted molar refractivity (Wildman–Crippen MR) is 128 cm³/mol. The molecule has 0 saturated carbocycles.